The molecule has 0 spiro atoms. The highest BCUT2D eigenvalue weighted by atomic mass is 19.1. The van der Waals surface area contributed by atoms with E-state index < -0.39 is 23.5 Å². The summed E-state index contributed by atoms with van der Waals surface area (Å²) in [5.41, 5.74) is 0.849. The van der Waals surface area contributed by atoms with Crippen molar-refractivity contribution in [3.63, 3.8) is 0 Å². The lowest BCUT2D eigenvalue weighted by Gasteiger charge is -2.13. The van der Waals surface area contributed by atoms with Crippen molar-refractivity contribution in [2.45, 2.75) is 13.3 Å². The number of benzene rings is 2. The molecule has 2 aromatic rings. The third kappa shape index (κ3) is 3.84. The van der Waals surface area contributed by atoms with Crippen molar-refractivity contribution < 1.29 is 23.6 Å². The Balaban J connectivity index is 1.58. The summed E-state index contributed by atoms with van der Waals surface area (Å²) < 4.78 is 13.8. The predicted molar refractivity (Wildman–Crippen MR) is 95.8 cm³/mol. The zero-order valence-electron chi connectivity index (χ0n) is 14.4. The molecule has 0 fully saturated rings. The molecule has 1 aliphatic heterocycles. The zero-order valence-corrected chi connectivity index (χ0v) is 14.4. The molecule has 7 nitrogen and oxygen atoms in total. The van der Waals surface area contributed by atoms with Crippen molar-refractivity contribution in [3.05, 3.63) is 59.4 Å². The second-order valence-electron chi connectivity index (χ2n) is 5.98. The van der Waals surface area contributed by atoms with Gasteiger partial charge >= 0.3 is 0 Å². The van der Waals surface area contributed by atoms with Crippen molar-refractivity contribution in [3.8, 4) is 0 Å². The summed E-state index contributed by atoms with van der Waals surface area (Å²) in [6.07, 6.45) is -0.124. The number of fused-ring (bicyclic) bond motifs is 1. The molecule has 0 bridgehead atoms. The van der Waals surface area contributed by atoms with Crippen LogP contribution in [-0.4, -0.2) is 35.1 Å². The molecular weight excluding hydrogens is 353 g/mol. The highest BCUT2D eigenvalue weighted by Crippen LogP contribution is 2.25. The summed E-state index contributed by atoms with van der Waals surface area (Å²) in [4.78, 5) is 48.4. The molecule has 1 heterocycles. The Hall–Kier alpha value is -3.55. The number of rotatable bonds is 5. The number of carbonyl (C=O) groups is 4. The van der Waals surface area contributed by atoms with Gasteiger partial charge < -0.3 is 10.6 Å². The van der Waals surface area contributed by atoms with Gasteiger partial charge in [0.2, 0.25) is 11.8 Å². The van der Waals surface area contributed by atoms with Crippen LogP contribution in [0.2, 0.25) is 0 Å². The highest BCUT2D eigenvalue weighted by Gasteiger charge is 2.37. The van der Waals surface area contributed by atoms with Gasteiger partial charge in [0.05, 0.1) is 11.1 Å². The molecule has 8 heteroatoms. The number of imide groups is 1. The van der Waals surface area contributed by atoms with Crippen LogP contribution in [-0.2, 0) is 9.59 Å². The lowest BCUT2D eigenvalue weighted by molar-refractivity contribution is -0.116. The van der Waals surface area contributed by atoms with E-state index in [1.54, 1.807) is 24.3 Å². The van der Waals surface area contributed by atoms with Crippen molar-refractivity contribution >= 4 is 35.0 Å². The van der Waals surface area contributed by atoms with Gasteiger partial charge in [-0.25, -0.2) is 4.39 Å². The minimum absolute atomic E-state index is 0.00830. The van der Waals surface area contributed by atoms with E-state index in [1.807, 2.05) is 0 Å². The minimum atomic E-state index is -0.753. The SMILES string of the molecule is CC(=O)Nc1ccc(NC(=O)CCN2C(=O)c3cccc(F)c3C2=O)cc1. The summed E-state index contributed by atoms with van der Waals surface area (Å²) in [6, 6.07) is 10.3. The molecule has 0 aromatic heterocycles. The monoisotopic (exact) mass is 369 g/mol. The van der Waals surface area contributed by atoms with E-state index >= 15 is 0 Å². The van der Waals surface area contributed by atoms with Crippen LogP contribution in [0.3, 0.4) is 0 Å². The van der Waals surface area contributed by atoms with Crippen LogP contribution >= 0.6 is 0 Å². The average Bonchev–Trinajstić information content (AvgIpc) is 2.86. The second-order valence-corrected chi connectivity index (χ2v) is 5.98. The predicted octanol–water partition coefficient (Wildman–Crippen LogP) is 2.41. The molecule has 0 saturated carbocycles. The molecular formula is C19H16FN3O4. The molecule has 0 saturated heterocycles. The molecule has 0 aliphatic carbocycles. The van der Waals surface area contributed by atoms with Gasteiger partial charge in [-0.1, -0.05) is 6.07 Å². The topological polar surface area (TPSA) is 95.6 Å². The normalized spacial score (nSPS) is 12.7. The van der Waals surface area contributed by atoms with Gasteiger partial charge in [-0.2, -0.15) is 0 Å². The third-order valence-corrected chi connectivity index (χ3v) is 4.00. The van der Waals surface area contributed by atoms with Gasteiger partial charge in [-0.15, -0.1) is 0 Å². The number of hydrogen-bond acceptors (Lipinski definition) is 4. The molecule has 2 N–H and O–H groups in total. The smallest absolute Gasteiger partial charge is 0.264 e. The van der Waals surface area contributed by atoms with Crippen LogP contribution in [0.5, 0.6) is 0 Å². The summed E-state index contributed by atoms with van der Waals surface area (Å²) in [6.45, 7) is 1.24. The van der Waals surface area contributed by atoms with Crippen LogP contribution in [0.1, 0.15) is 34.1 Å². The number of amides is 4. The number of nitrogens with zero attached hydrogens (tertiary/aromatic N) is 1. The Morgan fingerprint density at radius 2 is 1.59 bits per heavy atom. The van der Waals surface area contributed by atoms with Gasteiger partial charge in [0, 0.05) is 31.3 Å². The summed E-state index contributed by atoms with van der Waals surface area (Å²) >= 11 is 0. The number of anilines is 2. The largest absolute Gasteiger partial charge is 0.326 e. The summed E-state index contributed by atoms with van der Waals surface area (Å²) in [7, 11) is 0. The van der Waals surface area contributed by atoms with Gasteiger partial charge in [-0.05, 0) is 36.4 Å². The van der Waals surface area contributed by atoms with Crippen molar-refractivity contribution in [1.82, 2.24) is 4.90 Å². The van der Waals surface area contributed by atoms with E-state index in [-0.39, 0.29) is 30.0 Å². The molecule has 27 heavy (non-hydrogen) atoms. The minimum Gasteiger partial charge on any atom is -0.326 e. The fraction of sp³-hybridized carbons (Fsp3) is 0.158. The first-order chi connectivity index (χ1) is 12.9. The molecule has 138 valence electrons. The Morgan fingerprint density at radius 1 is 0.963 bits per heavy atom. The molecule has 1 aliphatic rings. The van der Waals surface area contributed by atoms with E-state index in [1.165, 1.54) is 19.1 Å². The zero-order chi connectivity index (χ0) is 19.6. The van der Waals surface area contributed by atoms with E-state index in [0.717, 1.165) is 11.0 Å². The highest BCUT2D eigenvalue weighted by molar-refractivity contribution is 6.21. The molecule has 0 atom stereocenters. The van der Waals surface area contributed by atoms with Gasteiger partial charge in [-0.3, -0.25) is 24.1 Å². The van der Waals surface area contributed by atoms with Crippen LogP contribution in [0.4, 0.5) is 15.8 Å². The maximum absolute atomic E-state index is 13.8. The third-order valence-electron chi connectivity index (χ3n) is 4.00. The van der Waals surface area contributed by atoms with Crippen LogP contribution in [0.15, 0.2) is 42.5 Å². The quantitative estimate of drug-likeness (QED) is 0.791. The number of nitrogens with one attached hydrogen (secondary N) is 2. The first-order valence-corrected chi connectivity index (χ1v) is 8.19. The van der Waals surface area contributed by atoms with Crippen molar-refractivity contribution in [1.29, 1.82) is 0 Å². The van der Waals surface area contributed by atoms with E-state index in [2.05, 4.69) is 10.6 Å². The maximum atomic E-state index is 13.8. The molecule has 2 aromatic carbocycles. The standard InChI is InChI=1S/C19H16FN3O4/c1-11(24)21-12-5-7-13(8-6-12)22-16(25)9-10-23-18(26)14-3-2-4-15(20)17(14)19(23)27/h2-8H,9-10H2,1H3,(H,21,24)(H,22,25). The Kier molecular flexibility index (Phi) is 4.98. The number of hydrogen-bond donors (Lipinski definition) is 2. The van der Waals surface area contributed by atoms with Crippen LogP contribution in [0.25, 0.3) is 0 Å². The maximum Gasteiger partial charge on any atom is 0.264 e. The molecule has 3 rings (SSSR count). The van der Waals surface area contributed by atoms with Crippen LogP contribution < -0.4 is 10.6 Å². The average molecular weight is 369 g/mol. The van der Waals surface area contributed by atoms with Gasteiger partial charge in [0.1, 0.15) is 5.82 Å². The Morgan fingerprint density at radius 3 is 2.19 bits per heavy atom. The van der Waals surface area contributed by atoms with Crippen molar-refractivity contribution in [2.24, 2.45) is 0 Å². The van der Waals surface area contributed by atoms with E-state index in [0.29, 0.717) is 11.4 Å². The van der Waals surface area contributed by atoms with Gasteiger partial charge in [0.15, 0.2) is 0 Å². The number of halogens is 1. The van der Waals surface area contributed by atoms with Crippen molar-refractivity contribution in [2.75, 3.05) is 17.2 Å². The Bertz CT molecular complexity index is 940. The Labute approximate surface area is 154 Å². The summed E-state index contributed by atoms with van der Waals surface area (Å²) in [5, 5.41) is 5.24. The first kappa shape index (κ1) is 18.2. The molecule has 0 radical (unpaired) electrons. The second kappa shape index (κ2) is 7.36. The van der Waals surface area contributed by atoms with Gasteiger partial charge in [0.25, 0.3) is 11.8 Å². The fourth-order valence-corrected chi connectivity index (χ4v) is 2.77. The number of carbonyl (C=O) groups excluding carboxylic acids is 4. The molecule has 4 amide bonds. The molecule has 0 unspecified atom stereocenters. The van der Waals surface area contributed by atoms with E-state index in [9.17, 15) is 23.6 Å². The lowest BCUT2D eigenvalue weighted by atomic mass is 10.1. The lowest BCUT2D eigenvalue weighted by Crippen LogP contribution is -2.33. The van der Waals surface area contributed by atoms with Crippen LogP contribution in [0, 0.1) is 5.82 Å². The fourth-order valence-electron chi connectivity index (χ4n) is 2.77. The van der Waals surface area contributed by atoms with E-state index in [4.69, 9.17) is 0 Å². The summed E-state index contributed by atoms with van der Waals surface area (Å²) in [5.74, 6) is -2.71. The first-order valence-electron chi connectivity index (χ1n) is 8.19.